The van der Waals surface area contributed by atoms with Crippen molar-refractivity contribution >= 4 is 51.7 Å². The number of H-pyrrole nitrogens is 1. The van der Waals surface area contributed by atoms with Crippen LogP contribution in [0.4, 0.5) is 17.6 Å². The number of benzene rings is 2. The van der Waals surface area contributed by atoms with Crippen molar-refractivity contribution in [3.8, 4) is 0 Å². The van der Waals surface area contributed by atoms with E-state index in [0.717, 1.165) is 17.3 Å². The number of alkyl halides is 3. The zero-order valence-corrected chi connectivity index (χ0v) is 41.7. The normalized spacial score (nSPS) is 14.7. The van der Waals surface area contributed by atoms with Gasteiger partial charge in [0.05, 0.1) is 30.7 Å². The Morgan fingerprint density at radius 1 is 0.969 bits per heavy atom. The van der Waals surface area contributed by atoms with Crippen LogP contribution in [0.3, 0.4) is 0 Å². The minimum absolute atomic E-state index is 0.0500. The van der Waals surface area contributed by atoms with E-state index in [2.05, 4.69) is 45.4 Å². The average molecular weight is 965 g/mol. The van der Waals surface area contributed by atoms with Gasteiger partial charge in [0.1, 0.15) is 11.9 Å². The summed E-state index contributed by atoms with van der Waals surface area (Å²) in [5.41, 5.74) is 5.91. The van der Waals surface area contributed by atoms with Gasteiger partial charge in [0, 0.05) is 33.0 Å². The molecule has 5 atom stereocenters. The second-order valence-corrected chi connectivity index (χ2v) is 18.2. The fourth-order valence-electron chi connectivity index (χ4n) is 5.91. The molecule has 4 unspecified atom stereocenters. The van der Waals surface area contributed by atoms with Crippen LogP contribution < -0.4 is 32.3 Å². The molecule has 15 nitrogen and oxygen atoms in total. The van der Waals surface area contributed by atoms with Gasteiger partial charge in [-0.05, 0) is 104 Å². The molecular weight excluding hydrogens is 890 g/mol. The first-order valence-corrected chi connectivity index (χ1v) is 23.7. The highest BCUT2D eigenvalue weighted by Crippen LogP contribution is 2.52. The maximum Gasteiger partial charge on any atom is 0.418 e. The van der Waals surface area contributed by atoms with E-state index in [1.807, 2.05) is 51.5 Å². The van der Waals surface area contributed by atoms with Crippen LogP contribution in [0.25, 0.3) is 10.9 Å². The molecule has 370 valence electrons. The SMILES string of the molecule is CCCC.CC[C@H](C)C(NC(=O)C1CCc2[nH]c3c(C(F)(F)F)cccc3c2C1)C(=O)NCCCCOP(=O)(OP)N(C)C.CNC.CNC.NC(=O)CNC(=O)Cc1ccccc1F. The summed E-state index contributed by atoms with van der Waals surface area (Å²) in [6.07, 6.45) is 1.06. The number of carbonyl (C=O) groups excluding carboxylic acids is 4. The molecule has 0 bridgehead atoms. The number of aryl methyl sites for hydroxylation is 1. The van der Waals surface area contributed by atoms with Gasteiger partial charge < -0.3 is 37.3 Å². The standard InChI is InChI=1S/C26H39F3N4O5P2.C10H11FN2O2.C4H10.2C2H7N/c1-5-16(2)22(25(35)30-13-6-7-14-37-40(36,38-39)33(3)4)32-24(34)17-11-12-21-19(15-17)18-9-8-10-20(23(18)31-21)26(27,28)29;11-8-4-2-1-3-7(8)5-10(15)13-6-9(12)14;1-3-4-2;2*1-3-2/h8-10,16-17,22,31H,5-7,11-15,39H2,1-4H3,(H,30,35)(H,32,34);1-4H,5-6H2,(H2,12,14)(H,13,15);3-4H2,1-2H3;2*3H,1-2H3/t16-,17?,22?,40?;;;;/m0..../s1. The summed E-state index contributed by atoms with van der Waals surface area (Å²) in [4.78, 5) is 50.8. The first-order valence-electron chi connectivity index (χ1n) is 21.7. The van der Waals surface area contributed by atoms with Crippen molar-refractivity contribution in [1.29, 1.82) is 0 Å². The molecule has 0 radical (unpaired) electrons. The summed E-state index contributed by atoms with van der Waals surface area (Å²) in [6.45, 7) is 8.49. The Hall–Kier alpha value is -3.96. The first kappa shape index (κ1) is 61.0. The maximum atomic E-state index is 13.5. The third-order valence-electron chi connectivity index (χ3n) is 9.71. The molecule has 8 N–H and O–H groups in total. The van der Waals surface area contributed by atoms with E-state index in [-0.39, 0.29) is 42.8 Å². The Balaban J connectivity index is 0.00000134. The number of halogens is 4. The van der Waals surface area contributed by atoms with Gasteiger partial charge in [-0.2, -0.15) is 13.2 Å². The smallest absolute Gasteiger partial charge is 0.368 e. The van der Waals surface area contributed by atoms with E-state index in [1.165, 1.54) is 35.7 Å². The fraction of sp³-hybridized carbons (Fsp3) is 0.591. The number of hydrogen-bond acceptors (Lipinski definition) is 9. The first-order chi connectivity index (χ1) is 30.7. The van der Waals surface area contributed by atoms with Crippen LogP contribution in [0.2, 0.25) is 0 Å². The van der Waals surface area contributed by atoms with Gasteiger partial charge in [0.25, 0.3) is 0 Å². The predicted octanol–water partition coefficient (Wildman–Crippen LogP) is 6.66. The highest BCUT2D eigenvalue weighted by Gasteiger charge is 2.36. The number of carbonyl (C=O) groups is 4. The van der Waals surface area contributed by atoms with Crippen LogP contribution in [0.1, 0.15) is 88.6 Å². The van der Waals surface area contributed by atoms with Crippen molar-refractivity contribution < 1.29 is 50.1 Å². The molecule has 65 heavy (non-hydrogen) atoms. The molecule has 0 fully saturated rings. The molecule has 1 aromatic heterocycles. The fourth-order valence-corrected chi connectivity index (χ4v) is 7.49. The number of nitrogens with two attached hydrogens (primary N) is 1. The van der Waals surface area contributed by atoms with Crippen molar-refractivity contribution in [3.05, 3.63) is 70.7 Å². The Labute approximate surface area is 385 Å². The number of hydrogen-bond donors (Lipinski definition) is 7. The van der Waals surface area contributed by atoms with Crippen LogP contribution in [-0.4, -0.2) is 101 Å². The second kappa shape index (κ2) is 32.7. The lowest BCUT2D eigenvalue weighted by Gasteiger charge is -2.28. The molecule has 0 saturated heterocycles. The minimum atomic E-state index is -4.48. The second-order valence-electron chi connectivity index (χ2n) is 15.4. The zero-order valence-electron chi connectivity index (χ0n) is 39.7. The van der Waals surface area contributed by atoms with E-state index in [4.69, 9.17) is 14.6 Å². The van der Waals surface area contributed by atoms with Crippen LogP contribution in [0, 0.1) is 17.7 Å². The third-order valence-corrected chi connectivity index (χ3v) is 12.3. The van der Waals surface area contributed by atoms with Gasteiger partial charge in [-0.25, -0.2) is 13.6 Å². The quantitative estimate of drug-likeness (QED) is 0.0410. The number of amides is 4. The zero-order chi connectivity index (χ0) is 49.8. The van der Waals surface area contributed by atoms with E-state index in [0.29, 0.717) is 56.0 Å². The van der Waals surface area contributed by atoms with Gasteiger partial charge in [-0.1, -0.05) is 77.3 Å². The minimum Gasteiger partial charge on any atom is -0.368 e. The molecule has 1 heterocycles. The van der Waals surface area contributed by atoms with Crippen LogP contribution in [0.15, 0.2) is 42.5 Å². The lowest BCUT2D eigenvalue weighted by Crippen LogP contribution is -2.52. The van der Waals surface area contributed by atoms with Gasteiger partial charge >= 0.3 is 13.9 Å². The molecule has 1 aliphatic carbocycles. The largest absolute Gasteiger partial charge is 0.418 e. The average Bonchev–Trinajstić information content (AvgIpc) is 3.65. The van der Waals surface area contributed by atoms with Crippen molar-refractivity contribution in [1.82, 2.24) is 36.2 Å². The summed E-state index contributed by atoms with van der Waals surface area (Å²) in [5.74, 6) is -2.66. The number of unbranched alkanes of at least 4 members (excludes halogenated alkanes) is 2. The Kier molecular flexibility index (Phi) is 30.7. The molecule has 4 rings (SSSR count). The molecule has 0 saturated carbocycles. The monoisotopic (exact) mass is 965 g/mol. The third kappa shape index (κ3) is 22.4. The summed E-state index contributed by atoms with van der Waals surface area (Å²) in [5, 5.41) is 14.0. The lowest BCUT2D eigenvalue weighted by atomic mass is 9.85. The number of aromatic amines is 1. The number of primary amides is 1. The number of nitrogens with one attached hydrogen (secondary N) is 6. The topological polar surface area (TPSA) is 209 Å². The van der Waals surface area contributed by atoms with Crippen LogP contribution in [0.5, 0.6) is 0 Å². The number of rotatable bonds is 18. The van der Waals surface area contributed by atoms with E-state index in [1.54, 1.807) is 32.3 Å². The predicted molar refractivity (Wildman–Crippen MR) is 253 cm³/mol. The molecule has 21 heteroatoms. The van der Waals surface area contributed by atoms with Crippen LogP contribution >= 0.6 is 17.2 Å². The Morgan fingerprint density at radius 2 is 1.58 bits per heavy atom. The summed E-state index contributed by atoms with van der Waals surface area (Å²) in [7, 11) is 9.29. The number of fused-ring (bicyclic) bond motifs is 3. The molecule has 1 aliphatic rings. The number of aromatic nitrogens is 1. The van der Waals surface area contributed by atoms with Gasteiger partial charge in [-0.3, -0.25) is 28.0 Å². The number of nitrogens with zero attached hydrogens (tertiary/aromatic N) is 1. The summed E-state index contributed by atoms with van der Waals surface area (Å²) < 4.78 is 77.5. The summed E-state index contributed by atoms with van der Waals surface area (Å²) in [6, 6.07) is 9.31. The Bertz CT molecular complexity index is 1920. The van der Waals surface area contributed by atoms with Crippen molar-refractivity contribution in [2.75, 3.05) is 62.0 Å². The van der Waals surface area contributed by atoms with Gasteiger partial charge in [0.2, 0.25) is 23.6 Å². The van der Waals surface area contributed by atoms with E-state index in [9.17, 15) is 41.3 Å². The lowest BCUT2D eigenvalue weighted by molar-refractivity contribution is -0.136. The van der Waals surface area contributed by atoms with Gasteiger partial charge in [0.15, 0.2) is 0 Å². The van der Waals surface area contributed by atoms with E-state index < -0.39 is 49.1 Å². The van der Waals surface area contributed by atoms with Gasteiger partial charge in [-0.15, -0.1) is 0 Å². The maximum absolute atomic E-state index is 13.5. The van der Waals surface area contributed by atoms with E-state index >= 15 is 0 Å². The molecule has 4 amide bonds. The highest BCUT2D eigenvalue weighted by atomic mass is 31.2. The molecular formula is C44H74F4N8O7P2. The highest BCUT2D eigenvalue weighted by molar-refractivity contribution is 7.55. The molecule has 2 aromatic carbocycles. The molecule has 0 aliphatic heterocycles. The Morgan fingerprint density at radius 3 is 2.11 bits per heavy atom. The summed E-state index contributed by atoms with van der Waals surface area (Å²) >= 11 is 0. The van der Waals surface area contributed by atoms with Crippen molar-refractivity contribution in [2.45, 2.75) is 97.7 Å². The van der Waals surface area contributed by atoms with Crippen LogP contribution in [-0.2, 0) is 58.0 Å². The molecule has 0 spiro atoms. The number of para-hydroxylation sites is 1. The molecule has 3 aromatic rings. The van der Waals surface area contributed by atoms with Crippen molar-refractivity contribution in [3.63, 3.8) is 0 Å². The van der Waals surface area contributed by atoms with Crippen molar-refractivity contribution in [2.24, 2.45) is 17.6 Å².